The fourth-order valence-electron chi connectivity index (χ4n) is 1.55. The first-order valence-electron chi connectivity index (χ1n) is 6.23. The maximum atomic E-state index is 5.89. The van der Waals surface area contributed by atoms with Crippen LogP contribution < -0.4 is 15.4 Å². The molecule has 0 atom stereocenters. The summed E-state index contributed by atoms with van der Waals surface area (Å²) in [5.74, 6) is 0.997. The van der Waals surface area contributed by atoms with Crippen LogP contribution in [0.5, 0.6) is 6.01 Å². The van der Waals surface area contributed by atoms with Gasteiger partial charge in [0.15, 0.2) is 0 Å². The lowest BCUT2D eigenvalue weighted by atomic mass is 10.3. The van der Waals surface area contributed by atoms with Gasteiger partial charge in [0.1, 0.15) is 0 Å². The second-order valence-corrected chi connectivity index (χ2v) is 5.68. The van der Waals surface area contributed by atoms with Crippen LogP contribution in [-0.2, 0) is 6.42 Å². The number of aromatic nitrogens is 3. The Morgan fingerprint density at radius 2 is 1.95 bits per heavy atom. The molecule has 8 heteroatoms. The third kappa shape index (κ3) is 4.21. The smallest absolute Gasteiger partial charge is 0.322 e. The molecule has 0 radical (unpaired) electrons. The van der Waals surface area contributed by atoms with Crippen molar-refractivity contribution >= 4 is 34.8 Å². The first-order valence-corrected chi connectivity index (χ1v) is 7.42. The fraction of sp³-hybridized carbons (Fsp3) is 0.417. The van der Waals surface area contributed by atoms with Crippen molar-refractivity contribution in [1.82, 2.24) is 15.0 Å². The lowest BCUT2D eigenvalue weighted by Crippen LogP contribution is -2.11. The molecule has 20 heavy (non-hydrogen) atoms. The van der Waals surface area contributed by atoms with Crippen LogP contribution in [0.2, 0.25) is 4.34 Å². The van der Waals surface area contributed by atoms with Gasteiger partial charge >= 0.3 is 6.01 Å². The molecule has 0 fully saturated rings. The number of rotatable bonds is 7. The van der Waals surface area contributed by atoms with Gasteiger partial charge in [0.25, 0.3) is 0 Å². The summed E-state index contributed by atoms with van der Waals surface area (Å²) >= 11 is 7.47. The van der Waals surface area contributed by atoms with Gasteiger partial charge in [0.2, 0.25) is 11.9 Å². The summed E-state index contributed by atoms with van der Waals surface area (Å²) in [6.07, 6.45) is 0.863. The molecule has 2 rings (SSSR count). The van der Waals surface area contributed by atoms with Crippen molar-refractivity contribution in [1.29, 1.82) is 0 Å². The molecule has 0 aliphatic rings. The van der Waals surface area contributed by atoms with E-state index in [1.165, 1.54) is 12.0 Å². The number of ether oxygens (including phenoxy) is 1. The van der Waals surface area contributed by atoms with Crippen LogP contribution in [0, 0.1) is 0 Å². The zero-order valence-corrected chi connectivity index (χ0v) is 12.9. The van der Waals surface area contributed by atoms with E-state index in [1.54, 1.807) is 11.3 Å². The average Bonchev–Trinajstić information content (AvgIpc) is 2.84. The van der Waals surface area contributed by atoms with Crippen molar-refractivity contribution in [2.24, 2.45) is 0 Å². The van der Waals surface area contributed by atoms with Crippen LogP contribution in [0.4, 0.5) is 11.9 Å². The van der Waals surface area contributed by atoms with E-state index >= 15 is 0 Å². The standard InChI is InChI=1S/C12H16ClN5OS/c1-3-14-10-16-11(18-12(17-10)19-2)15-7-6-8-4-5-9(13)20-8/h4-5H,3,6-7H2,1-2H3,(H2,14,15,16,17,18). The van der Waals surface area contributed by atoms with E-state index in [9.17, 15) is 0 Å². The summed E-state index contributed by atoms with van der Waals surface area (Å²) in [6, 6.07) is 4.21. The topological polar surface area (TPSA) is 72.0 Å². The molecular formula is C12H16ClN5OS. The second kappa shape index (κ2) is 7.25. The average molecular weight is 314 g/mol. The van der Waals surface area contributed by atoms with E-state index in [0.717, 1.165) is 23.8 Å². The molecule has 0 aliphatic carbocycles. The Kier molecular flexibility index (Phi) is 5.37. The number of hydrogen-bond acceptors (Lipinski definition) is 7. The molecule has 108 valence electrons. The predicted octanol–water partition coefficient (Wildman–Crippen LogP) is 2.68. The van der Waals surface area contributed by atoms with Crippen molar-refractivity contribution in [3.05, 3.63) is 21.3 Å². The molecule has 0 spiro atoms. The Bertz CT molecular complexity index is 563. The quantitative estimate of drug-likeness (QED) is 0.819. The zero-order valence-electron chi connectivity index (χ0n) is 11.3. The fourth-order valence-corrected chi connectivity index (χ4v) is 2.63. The van der Waals surface area contributed by atoms with Crippen LogP contribution in [0.15, 0.2) is 12.1 Å². The van der Waals surface area contributed by atoms with E-state index in [-0.39, 0.29) is 6.01 Å². The lowest BCUT2D eigenvalue weighted by molar-refractivity contribution is 0.379. The minimum atomic E-state index is 0.289. The van der Waals surface area contributed by atoms with Gasteiger partial charge in [0.05, 0.1) is 11.4 Å². The largest absolute Gasteiger partial charge is 0.467 e. The lowest BCUT2D eigenvalue weighted by Gasteiger charge is -2.08. The van der Waals surface area contributed by atoms with E-state index in [1.807, 2.05) is 19.1 Å². The third-order valence-electron chi connectivity index (χ3n) is 2.42. The Labute approximate surface area is 126 Å². The predicted molar refractivity (Wildman–Crippen MR) is 82.1 cm³/mol. The van der Waals surface area contributed by atoms with Crippen LogP contribution in [0.1, 0.15) is 11.8 Å². The molecule has 0 aliphatic heterocycles. The van der Waals surface area contributed by atoms with Gasteiger partial charge in [-0.25, -0.2) is 0 Å². The Hall–Kier alpha value is -1.60. The molecule has 0 amide bonds. The molecular weight excluding hydrogens is 298 g/mol. The van der Waals surface area contributed by atoms with Gasteiger partial charge in [-0.05, 0) is 25.5 Å². The van der Waals surface area contributed by atoms with Crippen LogP contribution in [0.3, 0.4) is 0 Å². The number of hydrogen-bond donors (Lipinski definition) is 2. The Morgan fingerprint density at radius 3 is 2.55 bits per heavy atom. The molecule has 0 saturated carbocycles. The van der Waals surface area contributed by atoms with Gasteiger partial charge in [-0.2, -0.15) is 15.0 Å². The third-order valence-corrected chi connectivity index (χ3v) is 3.71. The monoisotopic (exact) mass is 313 g/mol. The summed E-state index contributed by atoms with van der Waals surface area (Å²) in [6.45, 7) is 3.43. The van der Waals surface area contributed by atoms with Crippen LogP contribution in [-0.4, -0.2) is 35.2 Å². The number of anilines is 2. The van der Waals surface area contributed by atoms with E-state index in [0.29, 0.717) is 11.9 Å². The van der Waals surface area contributed by atoms with Gasteiger partial charge in [-0.1, -0.05) is 11.6 Å². The van der Waals surface area contributed by atoms with E-state index < -0.39 is 0 Å². The second-order valence-electron chi connectivity index (χ2n) is 3.88. The number of halogens is 1. The van der Waals surface area contributed by atoms with Crippen LogP contribution in [0.25, 0.3) is 0 Å². The van der Waals surface area contributed by atoms with Gasteiger partial charge in [0, 0.05) is 18.0 Å². The normalized spacial score (nSPS) is 10.3. The maximum Gasteiger partial charge on any atom is 0.322 e. The Morgan fingerprint density at radius 1 is 1.20 bits per heavy atom. The molecule has 0 unspecified atom stereocenters. The molecule has 2 aromatic rings. The maximum absolute atomic E-state index is 5.89. The number of thiophene rings is 1. The number of methoxy groups -OCH3 is 1. The summed E-state index contributed by atoms with van der Waals surface area (Å²) in [7, 11) is 1.53. The highest BCUT2D eigenvalue weighted by molar-refractivity contribution is 7.16. The van der Waals surface area contributed by atoms with Gasteiger partial charge < -0.3 is 15.4 Å². The first-order chi connectivity index (χ1) is 9.71. The molecule has 0 saturated heterocycles. The summed E-state index contributed by atoms with van der Waals surface area (Å²) in [4.78, 5) is 13.7. The van der Waals surface area contributed by atoms with Gasteiger partial charge in [-0.3, -0.25) is 0 Å². The van der Waals surface area contributed by atoms with Crippen LogP contribution >= 0.6 is 22.9 Å². The SMILES string of the molecule is CCNc1nc(NCCc2ccc(Cl)s2)nc(OC)n1. The van der Waals surface area contributed by atoms with E-state index in [2.05, 4.69) is 25.6 Å². The molecule has 6 nitrogen and oxygen atoms in total. The summed E-state index contributed by atoms with van der Waals surface area (Å²) in [5.41, 5.74) is 0. The van der Waals surface area contributed by atoms with Crippen molar-refractivity contribution in [2.75, 3.05) is 30.8 Å². The van der Waals surface area contributed by atoms with Gasteiger partial charge in [-0.15, -0.1) is 11.3 Å². The minimum Gasteiger partial charge on any atom is -0.467 e. The summed E-state index contributed by atoms with van der Waals surface area (Å²) < 4.78 is 5.85. The minimum absolute atomic E-state index is 0.289. The highest BCUT2D eigenvalue weighted by Crippen LogP contribution is 2.21. The highest BCUT2D eigenvalue weighted by atomic mass is 35.5. The molecule has 2 heterocycles. The van der Waals surface area contributed by atoms with Crippen molar-refractivity contribution in [3.8, 4) is 6.01 Å². The van der Waals surface area contributed by atoms with Crippen molar-refractivity contribution in [2.45, 2.75) is 13.3 Å². The Balaban J connectivity index is 1.95. The highest BCUT2D eigenvalue weighted by Gasteiger charge is 2.06. The molecule has 2 N–H and O–H groups in total. The van der Waals surface area contributed by atoms with Crippen molar-refractivity contribution in [3.63, 3.8) is 0 Å². The molecule has 2 aromatic heterocycles. The zero-order chi connectivity index (χ0) is 14.4. The van der Waals surface area contributed by atoms with E-state index in [4.69, 9.17) is 16.3 Å². The molecule has 0 aromatic carbocycles. The van der Waals surface area contributed by atoms with Crippen molar-refractivity contribution < 1.29 is 4.74 Å². The number of nitrogens with zero attached hydrogens (tertiary/aromatic N) is 3. The molecule has 0 bridgehead atoms. The number of nitrogens with one attached hydrogen (secondary N) is 2. The first kappa shape index (κ1) is 14.8. The summed E-state index contributed by atoms with van der Waals surface area (Å²) in [5, 5.41) is 6.19.